The van der Waals surface area contributed by atoms with Gasteiger partial charge in [-0.2, -0.15) is 0 Å². The molecule has 0 radical (unpaired) electrons. The summed E-state index contributed by atoms with van der Waals surface area (Å²) in [7, 11) is 3.57. The van der Waals surface area contributed by atoms with Gasteiger partial charge in [-0.15, -0.1) is 0 Å². The first-order valence-electron chi connectivity index (χ1n) is 6.09. The highest BCUT2D eigenvalue weighted by atomic mass is 35.5. The van der Waals surface area contributed by atoms with E-state index in [4.69, 9.17) is 16.3 Å². The van der Waals surface area contributed by atoms with E-state index in [1.165, 1.54) is 0 Å². The number of methoxy groups -OCH3 is 1. The van der Waals surface area contributed by atoms with Crippen molar-refractivity contribution in [3.05, 3.63) is 58.4 Å². The minimum Gasteiger partial charge on any atom is -0.496 e. The Morgan fingerprint density at radius 2 is 2.05 bits per heavy atom. The van der Waals surface area contributed by atoms with Gasteiger partial charge in [-0.05, 0) is 43.8 Å². The second kappa shape index (κ2) is 6.04. The van der Waals surface area contributed by atoms with Crippen molar-refractivity contribution in [3.63, 3.8) is 0 Å². The fraction of sp³-hybridized carbons (Fsp3) is 0.267. The number of hydrogen-bond donors (Lipinski definition) is 1. The minimum atomic E-state index is 0.00162. The lowest BCUT2D eigenvalue weighted by atomic mass is 9.99. The molecule has 1 unspecified atom stereocenters. The lowest BCUT2D eigenvalue weighted by Gasteiger charge is -2.20. The van der Waals surface area contributed by atoms with E-state index in [1.807, 2.05) is 44.4 Å². The molecule has 1 N–H and O–H groups in total. The Balaban J connectivity index is 2.47. The van der Waals surface area contributed by atoms with Gasteiger partial charge in [0.2, 0.25) is 0 Å². The van der Waals surface area contributed by atoms with Gasteiger partial charge in [0.1, 0.15) is 5.75 Å². The Morgan fingerprint density at radius 1 is 1.26 bits per heavy atom. The van der Waals surface area contributed by atoms with E-state index in [9.17, 15) is 0 Å². The fourth-order valence-corrected chi connectivity index (χ4v) is 2.26. The number of aryl methyl sites for hydroxylation is 1. The minimum absolute atomic E-state index is 0.00162. The fourth-order valence-electron chi connectivity index (χ4n) is 2.08. The molecule has 100 valence electrons. The van der Waals surface area contributed by atoms with Gasteiger partial charge in [-0.25, -0.2) is 0 Å². The summed E-state index contributed by atoms with van der Waals surface area (Å²) in [5.41, 5.74) is 3.08. The zero-order valence-electron chi connectivity index (χ0n) is 11.3. The van der Waals surface area contributed by atoms with E-state index in [1.54, 1.807) is 7.11 Å². The van der Waals surface area contributed by atoms with Crippen molar-refractivity contribution in [2.45, 2.75) is 13.0 Å². The van der Waals surface area contributed by atoms with Crippen molar-refractivity contribution < 1.29 is 4.74 Å². The Bertz CT molecular complexity index is 555. The molecule has 0 amide bonds. The summed E-state index contributed by atoms with van der Waals surface area (Å²) in [4.78, 5) is 4.34. The highest BCUT2D eigenvalue weighted by molar-refractivity contribution is 6.30. The molecule has 3 nitrogen and oxygen atoms in total. The summed E-state index contributed by atoms with van der Waals surface area (Å²) in [5.74, 6) is 0.810. The summed E-state index contributed by atoms with van der Waals surface area (Å²) >= 11 is 6.09. The molecule has 0 bridgehead atoms. The molecule has 19 heavy (non-hydrogen) atoms. The van der Waals surface area contributed by atoms with Gasteiger partial charge in [0, 0.05) is 22.5 Å². The predicted molar refractivity (Wildman–Crippen MR) is 77.9 cm³/mol. The van der Waals surface area contributed by atoms with Crippen LogP contribution in [0, 0.1) is 6.92 Å². The Hall–Kier alpha value is -1.58. The molecule has 1 aromatic carbocycles. The van der Waals surface area contributed by atoms with Crippen LogP contribution in [0.5, 0.6) is 5.75 Å². The Kier molecular flexibility index (Phi) is 4.40. The van der Waals surface area contributed by atoms with Gasteiger partial charge >= 0.3 is 0 Å². The van der Waals surface area contributed by atoms with Crippen molar-refractivity contribution in [3.8, 4) is 5.75 Å². The molecule has 0 saturated heterocycles. The van der Waals surface area contributed by atoms with Crippen molar-refractivity contribution in [2.75, 3.05) is 14.2 Å². The van der Waals surface area contributed by atoms with E-state index >= 15 is 0 Å². The second-order valence-electron chi connectivity index (χ2n) is 4.34. The van der Waals surface area contributed by atoms with E-state index < -0.39 is 0 Å². The third-order valence-electron chi connectivity index (χ3n) is 3.06. The van der Waals surface area contributed by atoms with E-state index in [0.29, 0.717) is 5.02 Å². The van der Waals surface area contributed by atoms with Gasteiger partial charge < -0.3 is 10.1 Å². The van der Waals surface area contributed by atoms with Crippen LogP contribution in [0.4, 0.5) is 0 Å². The zero-order valence-corrected chi connectivity index (χ0v) is 12.0. The number of rotatable bonds is 4. The van der Waals surface area contributed by atoms with Crippen LogP contribution < -0.4 is 10.1 Å². The number of benzene rings is 1. The average molecular weight is 277 g/mol. The molecule has 0 spiro atoms. The van der Waals surface area contributed by atoms with Crippen LogP contribution in [0.1, 0.15) is 22.9 Å². The third-order valence-corrected chi connectivity index (χ3v) is 3.29. The SMILES string of the molecule is CNC(c1ccc(C)nc1)c1cc(Cl)ccc1OC. The number of nitrogens with zero attached hydrogens (tertiary/aromatic N) is 1. The van der Waals surface area contributed by atoms with Crippen molar-refractivity contribution in [1.82, 2.24) is 10.3 Å². The quantitative estimate of drug-likeness (QED) is 0.930. The number of halogens is 1. The summed E-state index contributed by atoms with van der Waals surface area (Å²) in [6.07, 6.45) is 1.87. The Labute approximate surface area is 118 Å². The van der Waals surface area contributed by atoms with Crippen LogP contribution in [-0.4, -0.2) is 19.1 Å². The molecule has 0 aliphatic carbocycles. The first kappa shape index (κ1) is 13.8. The summed E-state index contributed by atoms with van der Waals surface area (Å²) in [5, 5.41) is 3.97. The first-order valence-corrected chi connectivity index (χ1v) is 6.46. The summed E-state index contributed by atoms with van der Waals surface area (Å²) in [6.45, 7) is 1.97. The predicted octanol–water partition coefficient (Wildman–Crippen LogP) is 3.36. The lowest BCUT2D eigenvalue weighted by molar-refractivity contribution is 0.405. The van der Waals surface area contributed by atoms with E-state index in [-0.39, 0.29) is 6.04 Å². The van der Waals surface area contributed by atoms with Crippen LogP contribution in [0.3, 0.4) is 0 Å². The molecule has 0 aliphatic rings. The topological polar surface area (TPSA) is 34.2 Å². The first-order chi connectivity index (χ1) is 9.15. The molecule has 0 aliphatic heterocycles. The molecule has 2 aromatic rings. The number of ether oxygens (including phenoxy) is 1. The van der Waals surface area contributed by atoms with Crippen LogP contribution in [0.25, 0.3) is 0 Å². The van der Waals surface area contributed by atoms with Gasteiger partial charge in [-0.3, -0.25) is 4.98 Å². The number of hydrogen-bond acceptors (Lipinski definition) is 3. The molecule has 4 heteroatoms. The van der Waals surface area contributed by atoms with Gasteiger partial charge in [-0.1, -0.05) is 17.7 Å². The largest absolute Gasteiger partial charge is 0.496 e. The highest BCUT2D eigenvalue weighted by Crippen LogP contribution is 2.31. The number of nitrogens with one attached hydrogen (secondary N) is 1. The molecule has 1 atom stereocenters. The molecule has 0 fully saturated rings. The standard InChI is InChI=1S/C15H17ClN2O/c1-10-4-5-11(9-18-10)15(17-2)13-8-12(16)6-7-14(13)19-3/h4-9,15,17H,1-3H3. The van der Waals surface area contributed by atoms with Crippen molar-refractivity contribution in [2.24, 2.45) is 0 Å². The van der Waals surface area contributed by atoms with Crippen molar-refractivity contribution in [1.29, 1.82) is 0 Å². The molecular weight excluding hydrogens is 260 g/mol. The smallest absolute Gasteiger partial charge is 0.124 e. The van der Waals surface area contributed by atoms with E-state index in [2.05, 4.69) is 16.4 Å². The van der Waals surface area contributed by atoms with Crippen LogP contribution in [0.2, 0.25) is 5.02 Å². The molecule has 1 heterocycles. The van der Waals surface area contributed by atoms with Gasteiger partial charge in [0.05, 0.1) is 13.2 Å². The van der Waals surface area contributed by atoms with Gasteiger partial charge in [0.15, 0.2) is 0 Å². The number of aromatic nitrogens is 1. The third kappa shape index (κ3) is 3.06. The monoisotopic (exact) mass is 276 g/mol. The number of pyridine rings is 1. The molecule has 2 rings (SSSR count). The van der Waals surface area contributed by atoms with Crippen molar-refractivity contribution >= 4 is 11.6 Å². The highest BCUT2D eigenvalue weighted by Gasteiger charge is 2.17. The zero-order chi connectivity index (χ0) is 13.8. The molecule has 1 aromatic heterocycles. The molecular formula is C15H17ClN2O. The maximum absolute atomic E-state index is 6.09. The summed E-state index contributed by atoms with van der Waals surface area (Å²) < 4.78 is 5.41. The lowest BCUT2D eigenvalue weighted by Crippen LogP contribution is -2.18. The van der Waals surface area contributed by atoms with E-state index in [0.717, 1.165) is 22.6 Å². The van der Waals surface area contributed by atoms with Gasteiger partial charge in [0.25, 0.3) is 0 Å². The normalized spacial score (nSPS) is 12.2. The van der Waals surface area contributed by atoms with Crippen LogP contribution in [-0.2, 0) is 0 Å². The average Bonchev–Trinajstić information content (AvgIpc) is 2.42. The maximum atomic E-state index is 6.09. The molecule has 0 saturated carbocycles. The maximum Gasteiger partial charge on any atom is 0.124 e. The Morgan fingerprint density at radius 3 is 2.63 bits per heavy atom. The summed E-state index contributed by atoms with van der Waals surface area (Å²) in [6, 6.07) is 9.68. The second-order valence-corrected chi connectivity index (χ2v) is 4.78. The van der Waals surface area contributed by atoms with Crippen LogP contribution >= 0.6 is 11.6 Å². The van der Waals surface area contributed by atoms with Crippen LogP contribution in [0.15, 0.2) is 36.5 Å².